The molecular formula is C23H26N2O3. The zero-order valence-corrected chi connectivity index (χ0v) is 16.1. The summed E-state index contributed by atoms with van der Waals surface area (Å²) < 4.78 is 5.12. The van der Waals surface area contributed by atoms with Gasteiger partial charge in [0.25, 0.3) is 5.91 Å². The standard InChI is InChI=1S/C23H26N2O3/c1-28-19-14-11-17(12-15-19)13-16-22(26)25-21-10-6-5-9-20(21)23(27)24-18-7-3-2-4-8-18/h5-6,9-16,18H,2-4,7-8H2,1H3,(H,24,27)(H,25,26)/b16-13+. The molecule has 1 saturated carbocycles. The molecule has 1 fully saturated rings. The second-order valence-electron chi connectivity index (χ2n) is 6.95. The van der Waals surface area contributed by atoms with Crippen LogP contribution in [0.3, 0.4) is 0 Å². The molecule has 0 spiro atoms. The van der Waals surface area contributed by atoms with Crippen molar-refractivity contribution in [1.82, 2.24) is 5.32 Å². The van der Waals surface area contributed by atoms with E-state index in [2.05, 4.69) is 10.6 Å². The van der Waals surface area contributed by atoms with Crippen LogP contribution in [0.1, 0.15) is 48.0 Å². The molecular weight excluding hydrogens is 352 g/mol. The van der Waals surface area contributed by atoms with E-state index in [9.17, 15) is 9.59 Å². The van der Waals surface area contributed by atoms with Crippen molar-refractivity contribution in [2.24, 2.45) is 0 Å². The molecule has 3 rings (SSSR count). The van der Waals surface area contributed by atoms with E-state index < -0.39 is 0 Å². The first-order valence-corrected chi connectivity index (χ1v) is 9.69. The van der Waals surface area contributed by atoms with Gasteiger partial charge in [0, 0.05) is 12.1 Å². The molecule has 0 aromatic heterocycles. The molecule has 5 nitrogen and oxygen atoms in total. The van der Waals surface area contributed by atoms with Gasteiger partial charge in [-0.1, -0.05) is 43.5 Å². The Kier molecular flexibility index (Phi) is 6.84. The molecule has 1 aliphatic carbocycles. The summed E-state index contributed by atoms with van der Waals surface area (Å²) in [6, 6.07) is 14.7. The summed E-state index contributed by atoms with van der Waals surface area (Å²) in [4.78, 5) is 25.0. The van der Waals surface area contributed by atoms with Crippen molar-refractivity contribution in [3.63, 3.8) is 0 Å². The Morgan fingerprint density at radius 2 is 1.71 bits per heavy atom. The molecule has 146 valence electrons. The number of hydrogen-bond donors (Lipinski definition) is 2. The fraction of sp³-hybridized carbons (Fsp3) is 0.304. The van der Waals surface area contributed by atoms with Gasteiger partial charge in [-0.15, -0.1) is 0 Å². The average Bonchev–Trinajstić information content (AvgIpc) is 2.73. The van der Waals surface area contributed by atoms with E-state index in [1.807, 2.05) is 24.3 Å². The molecule has 0 atom stereocenters. The number of carbonyl (C=O) groups is 2. The number of carbonyl (C=O) groups excluding carboxylic acids is 2. The minimum Gasteiger partial charge on any atom is -0.497 e. The van der Waals surface area contributed by atoms with Crippen molar-refractivity contribution in [3.05, 3.63) is 65.7 Å². The monoisotopic (exact) mass is 378 g/mol. The summed E-state index contributed by atoms with van der Waals surface area (Å²) in [6.07, 6.45) is 8.76. The van der Waals surface area contributed by atoms with Crippen LogP contribution >= 0.6 is 0 Å². The van der Waals surface area contributed by atoms with Crippen LogP contribution in [0.15, 0.2) is 54.6 Å². The predicted octanol–water partition coefficient (Wildman–Crippen LogP) is 4.41. The summed E-state index contributed by atoms with van der Waals surface area (Å²) in [5.74, 6) is 0.343. The molecule has 0 radical (unpaired) electrons. The third kappa shape index (κ3) is 5.46. The van der Waals surface area contributed by atoms with Crippen LogP contribution < -0.4 is 15.4 Å². The number of anilines is 1. The molecule has 1 aliphatic rings. The Labute approximate surface area is 165 Å². The van der Waals surface area contributed by atoms with Crippen molar-refractivity contribution >= 4 is 23.6 Å². The number of para-hydroxylation sites is 1. The molecule has 5 heteroatoms. The maximum atomic E-state index is 12.7. The summed E-state index contributed by atoms with van der Waals surface area (Å²) in [6.45, 7) is 0. The summed E-state index contributed by atoms with van der Waals surface area (Å²) in [7, 11) is 1.61. The summed E-state index contributed by atoms with van der Waals surface area (Å²) in [5, 5.41) is 5.91. The van der Waals surface area contributed by atoms with Crippen LogP contribution in [0, 0.1) is 0 Å². The molecule has 0 aliphatic heterocycles. The molecule has 2 aromatic carbocycles. The number of methoxy groups -OCH3 is 1. The zero-order chi connectivity index (χ0) is 19.8. The fourth-order valence-electron chi connectivity index (χ4n) is 3.36. The third-order valence-corrected chi connectivity index (χ3v) is 4.91. The second-order valence-corrected chi connectivity index (χ2v) is 6.95. The average molecular weight is 378 g/mol. The lowest BCUT2D eigenvalue weighted by molar-refractivity contribution is -0.111. The topological polar surface area (TPSA) is 67.4 Å². The molecule has 0 heterocycles. The molecule has 28 heavy (non-hydrogen) atoms. The normalized spacial score (nSPS) is 14.6. The van der Waals surface area contributed by atoms with Crippen molar-refractivity contribution in [3.8, 4) is 5.75 Å². The lowest BCUT2D eigenvalue weighted by Gasteiger charge is -2.23. The fourth-order valence-corrected chi connectivity index (χ4v) is 3.36. The Balaban J connectivity index is 1.63. The first-order chi connectivity index (χ1) is 13.7. The Hall–Kier alpha value is -3.08. The SMILES string of the molecule is COc1ccc(/C=C/C(=O)Nc2ccccc2C(=O)NC2CCCCC2)cc1. The van der Waals surface area contributed by atoms with Crippen molar-refractivity contribution in [1.29, 1.82) is 0 Å². The highest BCUT2D eigenvalue weighted by Gasteiger charge is 2.18. The highest BCUT2D eigenvalue weighted by molar-refractivity contribution is 6.07. The Morgan fingerprint density at radius 3 is 2.43 bits per heavy atom. The summed E-state index contributed by atoms with van der Waals surface area (Å²) >= 11 is 0. The Morgan fingerprint density at radius 1 is 1.00 bits per heavy atom. The number of amides is 2. The smallest absolute Gasteiger partial charge is 0.253 e. The maximum absolute atomic E-state index is 12.7. The van der Waals surface area contributed by atoms with Gasteiger partial charge in [-0.05, 0) is 48.7 Å². The van der Waals surface area contributed by atoms with E-state index >= 15 is 0 Å². The lowest BCUT2D eigenvalue weighted by Crippen LogP contribution is -2.36. The highest BCUT2D eigenvalue weighted by Crippen LogP contribution is 2.20. The molecule has 2 N–H and O–H groups in total. The zero-order valence-electron chi connectivity index (χ0n) is 16.1. The van der Waals surface area contributed by atoms with Crippen LogP contribution in [-0.2, 0) is 4.79 Å². The third-order valence-electron chi connectivity index (χ3n) is 4.91. The number of ether oxygens (including phenoxy) is 1. The van der Waals surface area contributed by atoms with Gasteiger partial charge in [-0.25, -0.2) is 0 Å². The van der Waals surface area contributed by atoms with Crippen LogP contribution in [-0.4, -0.2) is 25.0 Å². The van der Waals surface area contributed by atoms with Gasteiger partial charge in [0.15, 0.2) is 0 Å². The van der Waals surface area contributed by atoms with Crippen molar-refractivity contribution < 1.29 is 14.3 Å². The van der Waals surface area contributed by atoms with Crippen LogP contribution in [0.2, 0.25) is 0 Å². The molecule has 0 saturated heterocycles. The summed E-state index contributed by atoms with van der Waals surface area (Å²) in [5.41, 5.74) is 1.89. The number of rotatable bonds is 6. The predicted molar refractivity (Wildman–Crippen MR) is 111 cm³/mol. The highest BCUT2D eigenvalue weighted by atomic mass is 16.5. The quantitative estimate of drug-likeness (QED) is 0.732. The minimum absolute atomic E-state index is 0.137. The van der Waals surface area contributed by atoms with Gasteiger partial charge in [0.05, 0.1) is 18.4 Å². The van der Waals surface area contributed by atoms with Gasteiger partial charge >= 0.3 is 0 Å². The molecule has 0 bridgehead atoms. The van der Waals surface area contributed by atoms with E-state index in [0.29, 0.717) is 11.3 Å². The molecule has 0 unspecified atom stereocenters. The largest absolute Gasteiger partial charge is 0.497 e. The van der Waals surface area contributed by atoms with Crippen LogP contribution in [0.4, 0.5) is 5.69 Å². The van der Waals surface area contributed by atoms with E-state index in [1.54, 1.807) is 37.5 Å². The van der Waals surface area contributed by atoms with Gasteiger partial charge in [0.1, 0.15) is 5.75 Å². The van der Waals surface area contributed by atoms with E-state index in [1.165, 1.54) is 12.5 Å². The maximum Gasteiger partial charge on any atom is 0.253 e. The first kappa shape index (κ1) is 19.7. The second kappa shape index (κ2) is 9.74. The van der Waals surface area contributed by atoms with Gasteiger partial charge in [0.2, 0.25) is 5.91 Å². The minimum atomic E-state index is -0.284. The van der Waals surface area contributed by atoms with Crippen molar-refractivity contribution in [2.75, 3.05) is 12.4 Å². The van der Waals surface area contributed by atoms with Gasteiger partial charge in [-0.3, -0.25) is 9.59 Å². The molecule has 2 aromatic rings. The number of hydrogen-bond acceptors (Lipinski definition) is 3. The van der Waals surface area contributed by atoms with E-state index in [4.69, 9.17) is 4.74 Å². The first-order valence-electron chi connectivity index (χ1n) is 9.69. The molecule has 2 amide bonds. The Bertz CT molecular complexity index is 837. The number of benzene rings is 2. The van der Waals surface area contributed by atoms with Gasteiger partial charge < -0.3 is 15.4 Å². The van der Waals surface area contributed by atoms with Crippen LogP contribution in [0.5, 0.6) is 5.75 Å². The van der Waals surface area contributed by atoms with Crippen LogP contribution in [0.25, 0.3) is 6.08 Å². The van der Waals surface area contributed by atoms with Crippen molar-refractivity contribution in [2.45, 2.75) is 38.1 Å². The van der Waals surface area contributed by atoms with Gasteiger partial charge in [-0.2, -0.15) is 0 Å². The van der Waals surface area contributed by atoms with E-state index in [0.717, 1.165) is 37.0 Å². The number of nitrogens with one attached hydrogen (secondary N) is 2. The lowest BCUT2D eigenvalue weighted by atomic mass is 9.95. The van der Waals surface area contributed by atoms with E-state index in [-0.39, 0.29) is 17.9 Å².